The summed E-state index contributed by atoms with van der Waals surface area (Å²) in [5, 5.41) is 2.08. The molecule has 0 aliphatic heterocycles. The molecule has 0 atom stereocenters. The molecule has 2 nitrogen and oxygen atoms in total. The molecular weight excluding hydrogens is 274 g/mol. The van der Waals surface area contributed by atoms with Gasteiger partial charge in [0.05, 0.1) is 11.4 Å². The number of aromatic nitrogens is 1. The molecular formula is C15H17NOS2. The Kier molecular flexibility index (Phi) is 4.42. The SMILES string of the molecule is CC(C)(C)c1csc(SCC(=O)c2ccccc2)n1. The van der Waals surface area contributed by atoms with Gasteiger partial charge in [-0.1, -0.05) is 62.9 Å². The number of thioether (sulfide) groups is 1. The van der Waals surface area contributed by atoms with E-state index in [1.165, 1.54) is 11.8 Å². The number of hydrogen-bond donors (Lipinski definition) is 0. The zero-order valence-corrected chi connectivity index (χ0v) is 13.0. The third-order valence-corrected chi connectivity index (χ3v) is 4.70. The molecule has 0 radical (unpaired) electrons. The minimum Gasteiger partial charge on any atom is -0.293 e. The smallest absolute Gasteiger partial charge is 0.173 e. The zero-order valence-electron chi connectivity index (χ0n) is 11.3. The van der Waals surface area contributed by atoms with Gasteiger partial charge >= 0.3 is 0 Å². The quantitative estimate of drug-likeness (QED) is 0.617. The number of ketones is 1. The van der Waals surface area contributed by atoms with Crippen molar-refractivity contribution in [2.75, 3.05) is 5.75 Å². The van der Waals surface area contributed by atoms with Crippen molar-refractivity contribution in [3.05, 3.63) is 47.0 Å². The second kappa shape index (κ2) is 5.88. The molecule has 100 valence electrons. The Labute approximate surface area is 122 Å². The van der Waals surface area contributed by atoms with Crippen LogP contribution in [0.2, 0.25) is 0 Å². The van der Waals surface area contributed by atoms with E-state index in [0.717, 1.165) is 15.6 Å². The number of rotatable bonds is 4. The Hall–Kier alpha value is -1.13. The van der Waals surface area contributed by atoms with Crippen LogP contribution >= 0.6 is 23.1 Å². The van der Waals surface area contributed by atoms with Crippen LogP contribution in [0.1, 0.15) is 36.8 Å². The van der Waals surface area contributed by atoms with Crippen molar-refractivity contribution in [3.63, 3.8) is 0 Å². The highest BCUT2D eigenvalue weighted by Gasteiger charge is 2.18. The maximum Gasteiger partial charge on any atom is 0.173 e. The van der Waals surface area contributed by atoms with E-state index in [1.807, 2.05) is 30.3 Å². The number of nitrogens with zero attached hydrogens (tertiary/aromatic N) is 1. The summed E-state index contributed by atoms with van der Waals surface area (Å²) in [6.07, 6.45) is 0. The van der Waals surface area contributed by atoms with Crippen molar-refractivity contribution < 1.29 is 4.79 Å². The topological polar surface area (TPSA) is 30.0 Å². The molecule has 1 heterocycles. The highest BCUT2D eigenvalue weighted by molar-refractivity contribution is 8.01. The van der Waals surface area contributed by atoms with Crippen LogP contribution in [-0.2, 0) is 5.41 Å². The monoisotopic (exact) mass is 291 g/mol. The Balaban J connectivity index is 1.96. The number of hydrogen-bond acceptors (Lipinski definition) is 4. The van der Waals surface area contributed by atoms with Crippen LogP contribution in [0.4, 0.5) is 0 Å². The molecule has 2 rings (SSSR count). The average molecular weight is 291 g/mol. The average Bonchev–Trinajstić information content (AvgIpc) is 2.86. The largest absolute Gasteiger partial charge is 0.293 e. The first-order valence-corrected chi connectivity index (χ1v) is 8.00. The predicted molar refractivity (Wildman–Crippen MR) is 82.3 cm³/mol. The molecule has 0 fully saturated rings. The first-order chi connectivity index (χ1) is 8.97. The molecule has 19 heavy (non-hydrogen) atoms. The molecule has 0 unspecified atom stereocenters. The number of Topliss-reactive ketones (excluding diaryl/α,β-unsaturated/α-hetero) is 1. The summed E-state index contributed by atoms with van der Waals surface area (Å²) in [6, 6.07) is 9.40. The molecule has 0 saturated heterocycles. The van der Waals surface area contributed by atoms with E-state index < -0.39 is 0 Å². The van der Waals surface area contributed by atoms with Crippen molar-refractivity contribution in [1.82, 2.24) is 4.98 Å². The van der Waals surface area contributed by atoms with Crippen molar-refractivity contribution in [2.24, 2.45) is 0 Å². The third-order valence-electron chi connectivity index (χ3n) is 2.67. The van der Waals surface area contributed by atoms with Crippen LogP contribution in [0.5, 0.6) is 0 Å². The van der Waals surface area contributed by atoms with Crippen LogP contribution in [0.15, 0.2) is 40.1 Å². The lowest BCUT2D eigenvalue weighted by Gasteiger charge is -2.14. The lowest BCUT2D eigenvalue weighted by molar-refractivity contribution is 0.102. The zero-order chi connectivity index (χ0) is 13.9. The molecule has 4 heteroatoms. The molecule has 0 N–H and O–H groups in total. The number of thiazole rings is 1. The van der Waals surface area contributed by atoms with Crippen molar-refractivity contribution in [2.45, 2.75) is 30.5 Å². The fourth-order valence-corrected chi connectivity index (χ4v) is 3.45. The van der Waals surface area contributed by atoms with E-state index in [-0.39, 0.29) is 11.2 Å². The van der Waals surface area contributed by atoms with Crippen molar-refractivity contribution in [3.8, 4) is 0 Å². The summed E-state index contributed by atoms with van der Waals surface area (Å²) in [5.41, 5.74) is 1.92. The van der Waals surface area contributed by atoms with E-state index in [1.54, 1.807) is 11.3 Å². The highest BCUT2D eigenvalue weighted by atomic mass is 32.2. The second-order valence-corrected chi connectivity index (χ2v) is 7.41. The summed E-state index contributed by atoms with van der Waals surface area (Å²) >= 11 is 3.13. The molecule has 0 saturated carbocycles. The first kappa shape index (κ1) is 14.3. The van der Waals surface area contributed by atoms with Gasteiger partial charge in [-0.05, 0) is 0 Å². The van der Waals surface area contributed by atoms with E-state index in [0.29, 0.717) is 5.75 Å². The van der Waals surface area contributed by atoms with Gasteiger partial charge in [-0.2, -0.15) is 0 Å². The van der Waals surface area contributed by atoms with Gasteiger partial charge in [0.1, 0.15) is 0 Å². The molecule has 1 aromatic carbocycles. The van der Waals surface area contributed by atoms with Crippen molar-refractivity contribution in [1.29, 1.82) is 0 Å². The van der Waals surface area contributed by atoms with Crippen LogP contribution < -0.4 is 0 Å². The first-order valence-electron chi connectivity index (χ1n) is 6.14. The summed E-state index contributed by atoms with van der Waals surface area (Å²) < 4.78 is 0.967. The maximum absolute atomic E-state index is 12.0. The Morgan fingerprint density at radius 2 is 1.95 bits per heavy atom. The van der Waals surface area contributed by atoms with Gasteiger partial charge in [0.15, 0.2) is 10.1 Å². The normalized spacial score (nSPS) is 11.5. The van der Waals surface area contributed by atoms with E-state index >= 15 is 0 Å². The van der Waals surface area contributed by atoms with E-state index in [9.17, 15) is 4.79 Å². The Bertz CT molecular complexity index is 555. The minimum atomic E-state index is 0.0682. The Morgan fingerprint density at radius 3 is 2.53 bits per heavy atom. The van der Waals surface area contributed by atoms with Crippen LogP contribution in [-0.4, -0.2) is 16.5 Å². The highest BCUT2D eigenvalue weighted by Crippen LogP contribution is 2.29. The second-order valence-electron chi connectivity index (χ2n) is 5.33. The standard InChI is InChI=1S/C15H17NOS2/c1-15(2,3)13-10-19-14(16-13)18-9-12(17)11-7-5-4-6-8-11/h4-8,10H,9H2,1-3H3. The van der Waals surface area contributed by atoms with Gasteiger partial charge in [0, 0.05) is 16.4 Å². The third kappa shape index (κ3) is 3.91. The van der Waals surface area contributed by atoms with Gasteiger partial charge in [-0.15, -0.1) is 11.3 Å². The number of carbonyl (C=O) groups excluding carboxylic acids is 1. The lowest BCUT2D eigenvalue weighted by atomic mass is 9.93. The number of benzene rings is 1. The molecule has 0 aliphatic rings. The molecule has 2 aromatic rings. The van der Waals surface area contributed by atoms with Crippen LogP contribution in [0, 0.1) is 0 Å². The molecule has 0 spiro atoms. The van der Waals surface area contributed by atoms with Gasteiger partial charge in [0.25, 0.3) is 0 Å². The Morgan fingerprint density at radius 1 is 1.26 bits per heavy atom. The fraction of sp³-hybridized carbons (Fsp3) is 0.333. The van der Waals surface area contributed by atoms with E-state index in [2.05, 4.69) is 31.1 Å². The molecule has 0 amide bonds. The van der Waals surface area contributed by atoms with Crippen molar-refractivity contribution >= 4 is 28.9 Å². The molecule has 0 bridgehead atoms. The number of carbonyl (C=O) groups is 1. The fourth-order valence-electron chi connectivity index (χ4n) is 1.50. The van der Waals surface area contributed by atoms with Gasteiger partial charge in [-0.25, -0.2) is 4.98 Å². The van der Waals surface area contributed by atoms with Crippen LogP contribution in [0.25, 0.3) is 0 Å². The predicted octanol–water partition coefficient (Wildman–Crippen LogP) is 4.42. The van der Waals surface area contributed by atoms with Gasteiger partial charge in [0.2, 0.25) is 0 Å². The summed E-state index contributed by atoms with van der Waals surface area (Å²) in [7, 11) is 0. The maximum atomic E-state index is 12.0. The summed E-state index contributed by atoms with van der Waals surface area (Å²) in [5.74, 6) is 0.597. The lowest BCUT2D eigenvalue weighted by Crippen LogP contribution is -2.11. The van der Waals surface area contributed by atoms with Gasteiger partial charge < -0.3 is 0 Å². The summed E-state index contributed by atoms with van der Waals surface area (Å²) in [6.45, 7) is 6.43. The van der Waals surface area contributed by atoms with Gasteiger partial charge in [-0.3, -0.25) is 4.79 Å². The van der Waals surface area contributed by atoms with E-state index in [4.69, 9.17) is 0 Å². The molecule has 1 aromatic heterocycles. The van der Waals surface area contributed by atoms with Crippen LogP contribution in [0.3, 0.4) is 0 Å². The molecule has 0 aliphatic carbocycles. The summed E-state index contributed by atoms with van der Waals surface area (Å²) in [4.78, 5) is 16.6. The minimum absolute atomic E-state index is 0.0682.